The number of nitrogens with zero attached hydrogens (tertiary/aromatic N) is 1. The topological polar surface area (TPSA) is 73.4 Å². The Morgan fingerprint density at radius 2 is 2.00 bits per heavy atom. The Labute approximate surface area is 106 Å². The summed E-state index contributed by atoms with van der Waals surface area (Å²) in [5.41, 5.74) is 0.581. The number of H-pyrrole nitrogens is 1. The third kappa shape index (κ3) is 2.55. The third-order valence-electron chi connectivity index (χ3n) is 3.74. The molecule has 1 amide bonds. The van der Waals surface area contributed by atoms with E-state index < -0.39 is 5.97 Å². The molecule has 1 aromatic heterocycles. The van der Waals surface area contributed by atoms with Gasteiger partial charge < -0.3 is 15.0 Å². The lowest BCUT2D eigenvalue weighted by Gasteiger charge is -2.33. The van der Waals surface area contributed by atoms with Crippen molar-refractivity contribution in [2.24, 2.45) is 5.92 Å². The second-order valence-corrected chi connectivity index (χ2v) is 4.84. The Bertz CT molecular complexity index is 419. The molecule has 0 atom stereocenters. The number of carboxylic acid groups (broad SMARTS) is 1. The number of carboxylic acids is 1. The number of nitrogens with one attached hydrogen (secondary N) is 1. The van der Waals surface area contributed by atoms with Gasteiger partial charge >= 0.3 is 5.97 Å². The summed E-state index contributed by atoms with van der Waals surface area (Å²) in [4.78, 5) is 27.6. The molecule has 98 valence electrons. The maximum absolute atomic E-state index is 12.1. The largest absolute Gasteiger partial charge is 0.481 e. The number of aliphatic carboxylic acids is 1. The van der Waals surface area contributed by atoms with E-state index in [0.29, 0.717) is 18.5 Å². The fourth-order valence-corrected chi connectivity index (χ4v) is 2.53. The molecule has 1 aromatic rings. The van der Waals surface area contributed by atoms with Gasteiger partial charge in [-0.2, -0.15) is 0 Å². The molecule has 1 aliphatic rings. The lowest BCUT2D eigenvalue weighted by atomic mass is 9.85. The number of carbonyl (C=O) groups is 2. The summed E-state index contributed by atoms with van der Waals surface area (Å²) in [5, 5.41) is 8.94. The maximum Gasteiger partial charge on any atom is 0.306 e. The van der Waals surface area contributed by atoms with Crippen molar-refractivity contribution in [3.05, 3.63) is 24.0 Å². The van der Waals surface area contributed by atoms with Crippen LogP contribution in [0.1, 0.15) is 36.2 Å². The van der Waals surface area contributed by atoms with Crippen LogP contribution in [0.3, 0.4) is 0 Å². The zero-order chi connectivity index (χ0) is 13.1. The second-order valence-electron chi connectivity index (χ2n) is 4.84. The van der Waals surface area contributed by atoms with E-state index in [1.54, 1.807) is 30.3 Å². The zero-order valence-corrected chi connectivity index (χ0v) is 10.4. The second kappa shape index (κ2) is 5.25. The van der Waals surface area contributed by atoms with E-state index in [1.807, 2.05) is 0 Å². The zero-order valence-electron chi connectivity index (χ0n) is 10.4. The molecule has 1 aliphatic carbocycles. The molecule has 2 N–H and O–H groups in total. The summed E-state index contributed by atoms with van der Waals surface area (Å²) in [7, 11) is 1.79. The van der Waals surface area contributed by atoms with E-state index >= 15 is 0 Å². The summed E-state index contributed by atoms with van der Waals surface area (Å²) < 4.78 is 0. The van der Waals surface area contributed by atoms with Gasteiger partial charge in [0.1, 0.15) is 5.69 Å². The Morgan fingerprint density at radius 1 is 1.33 bits per heavy atom. The average molecular weight is 250 g/mol. The Kier molecular flexibility index (Phi) is 3.69. The van der Waals surface area contributed by atoms with Crippen molar-refractivity contribution in [1.29, 1.82) is 0 Å². The van der Waals surface area contributed by atoms with Gasteiger partial charge in [0.05, 0.1) is 5.92 Å². The van der Waals surface area contributed by atoms with Crippen LogP contribution in [0.15, 0.2) is 18.3 Å². The lowest BCUT2D eigenvalue weighted by Crippen LogP contribution is -2.40. The van der Waals surface area contributed by atoms with Crippen molar-refractivity contribution in [2.45, 2.75) is 31.7 Å². The smallest absolute Gasteiger partial charge is 0.306 e. The average Bonchev–Trinajstić information content (AvgIpc) is 2.91. The Hall–Kier alpha value is -1.78. The van der Waals surface area contributed by atoms with Crippen LogP contribution in [0.5, 0.6) is 0 Å². The van der Waals surface area contributed by atoms with Gasteiger partial charge in [-0.05, 0) is 37.8 Å². The Balaban J connectivity index is 1.93. The van der Waals surface area contributed by atoms with Crippen molar-refractivity contribution in [1.82, 2.24) is 9.88 Å². The summed E-state index contributed by atoms with van der Waals surface area (Å²) in [6.45, 7) is 0. The molecule has 0 aromatic carbocycles. The van der Waals surface area contributed by atoms with Gasteiger partial charge in [0.2, 0.25) is 0 Å². The quantitative estimate of drug-likeness (QED) is 0.858. The molecule has 0 unspecified atom stereocenters. The van der Waals surface area contributed by atoms with E-state index in [0.717, 1.165) is 12.8 Å². The highest BCUT2D eigenvalue weighted by atomic mass is 16.4. The molecule has 1 heterocycles. The molecule has 18 heavy (non-hydrogen) atoms. The molecule has 0 aliphatic heterocycles. The molecule has 0 bridgehead atoms. The normalized spacial score (nSPS) is 23.6. The molecule has 5 heteroatoms. The predicted molar refractivity (Wildman–Crippen MR) is 66.3 cm³/mol. The summed E-state index contributed by atoms with van der Waals surface area (Å²) >= 11 is 0. The van der Waals surface area contributed by atoms with Crippen molar-refractivity contribution >= 4 is 11.9 Å². The molecular weight excluding hydrogens is 232 g/mol. The highest BCUT2D eigenvalue weighted by Crippen LogP contribution is 2.27. The number of carbonyl (C=O) groups excluding carboxylic acids is 1. The van der Waals surface area contributed by atoms with Gasteiger partial charge in [0, 0.05) is 19.3 Å². The molecule has 0 radical (unpaired) electrons. The molecule has 0 saturated heterocycles. The van der Waals surface area contributed by atoms with E-state index in [1.165, 1.54) is 0 Å². The first-order valence-electron chi connectivity index (χ1n) is 6.23. The first kappa shape index (κ1) is 12.7. The van der Waals surface area contributed by atoms with Crippen LogP contribution >= 0.6 is 0 Å². The first-order chi connectivity index (χ1) is 8.59. The van der Waals surface area contributed by atoms with Gasteiger partial charge in [-0.1, -0.05) is 0 Å². The number of rotatable bonds is 3. The lowest BCUT2D eigenvalue weighted by molar-refractivity contribution is -0.143. The van der Waals surface area contributed by atoms with E-state index in [-0.39, 0.29) is 17.9 Å². The van der Waals surface area contributed by atoms with E-state index in [4.69, 9.17) is 5.11 Å². The van der Waals surface area contributed by atoms with Gasteiger partial charge in [-0.25, -0.2) is 0 Å². The van der Waals surface area contributed by atoms with Crippen molar-refractivity contribution in [3.63, 3.8) is 0 Å². The third-order valence-corrected chi connectivity index (χ3v) is 3.74. The minimum absolute atomic E-state index is 0.0289. The van der Waals surface area contributed by atoms with Crippen LogP contribution in [-0.4, -0.2) is 40.0 Å². The molecule has 5 nitrogen and oxygen atoms in total. The van der Waals surface area contributed by atoms with E-state index in [9.17, 15) is 9.59 Å². The summed E-state index contributed by atoms with van der Waals surface area (Å²) in [6, 6.07) is 3.70. The number of aromatic amines is 1. The van der Waals surface area contributed by atoms with Crippen LogP contribution in [0.25, 0.3) is 0 Å². The maximum atomic E-state index is 12.1. The van der Waals surface area contributed by atoms with Crippen LogP contribution in [-0.2, 0) is 4.79 Å². The van der Waals surface area contributed by atoms with Gasteiger partial charge in [0.25, 0.3) is 5.91 Å². The first-order valence-corrected chi connectivity index (χ1v) is 6.23. The van der Waals surface area contributed by atoms with E-state index in [2.05, 4.69) is 4.98 Å². The fourth-order valence-electron chi connectivity index (χ4n) is 2.53. The minimum Gasteiger partial charge on any atom is -0.481 e. The van der Waals surface area contributed by atoms with Gasteiger partial charge in [-0.3, -0.25) is 9.59 Å². The number of hydrogen-bond donors (Lipinski definition) is 2. The van der Waals surface area contributed by atoms with Crippen molar-refractivity contribution < 1.29 is 14.7 Å². The minimum atomic E-state index is -0.716. The number of amides is 1. The SMILES string of the molecule is CN(C(=O)c1ccc[nH]1)C1CCC(C(=O)O)CC1. The number of hydrogen-bond acceptors (Lipinski definition) is 2. The highest BCUT2D eigenvalue weighted by Gasteiger charge is 2.30. The fraction of sp³-hybridized carbons (Fsp3) is 0.538. The van der Waals surface area contributed by atoms with Crippen molar-refractivity contribution in [3.8, 4) is 0 Å². The van der Waals surface area contributed by atoms with Crippen LogP contribution in [0.2, 0.25) is 0 Å². The van der Waals surface area contributed by atoms with Crippen molar-refractivity contribution in [2.75, 3.05) is 7.05 Å². The standard InChI is InChI=1S/C13H18N2O3/c1-15(12(16)11-3-2-8-14-11)10-6-4-9(5-7-10)13(17)18/h2-3,8-10,14H,4-7H2,1H3,(H,17,18). The highest BCUT2D eigenvalue weighted by molar-refractivity contribution is 5.92. The van der Waals surface area contributed by atoms with Crippen LogP contribution in [0, 0.1) is 5.92 Å². The Morgan fingerprint density at radius 3 is 2.50 bits per heavy atom. The predicted octanol–water partition coefficient (Wildman–Crippen LogP) is 1.73. The molecule has 2 rings (SSSR count). The van der Waals surface area contributed by atoms with Crippen LogP contribution in [0.4, 0.5) is 0 Å². The monoisotopic (exact) mass is 250 g/mol. The van der Waals surface area contributed by atoms with Crippen LogP contribution < -0.4 is 0 Å². The molecule has 0 spiro atoms. The number of aromatic nitrogens is 1. The molecule has 1 saturated carbocycles. The summed E-state index contributed by atoms with van der Waals surface area (Å²) in [5.74, 6) is -0.985. The van der Waals surface area contributed by atoms with Gasteiger partial charge in [0.15, 0.2) is 0 Å². The molecular formula is C13H18N2O3. The summed E-state index contributed by atoms with van der Waals surface area (Å²) in [6.07, 6.45) is 4.56. The molecule has 1 fully saturated rings. The van der Waals surface area contributed by atoms with Gasteiger partial charge in [-0.15, -0.1) is 0 Å².